The predicted molar refractivity (Wildman–Crippen MR) is 96.8 cm³/mol. The second kappa shape index (κ2) is 6.18. The summed E-state index contributed by atoms with van der Waals surface area (Å²) in [6.07, 6.45) is 3.19. The number of carbonyl (C=O) groups excluding carboxylic acids is 1. The van der Waals surface area contributed by atoms with Crippen molar-refractivity contribution in [2.24, 2.45) is 11.8 Å². The van der Waals surface area contributed by atoms with Gasteiger partial charge in [-0.25, -0.2) is 0 Å². The number of carbonyl (C=O) groups is 1. The fraction of sp³-hybridized carbons (Fsp3) is 0.409. The molecular formula is C22H25NO. The van der Waals surface area contributed by atoms with Crippen molar-refractivity contribution in [1.29, 1.82) is 0 Å². The zero-order valence-corrected chi connectivity index (χ0v) is 14.5. The second-order valence-corrected chi connectivity index (χ2v) is 7.38. The number of Topliss-reactive ketones (excluding diaryl/α,β-unsaturated/α-hetero) is 1. The van der Waals surface area contributed by atoms with E-state index in [4.69, 9.17) is 0 Å². The van der Waals surface area contributed by atoms with Crippen LogP contribution in [0.4, 0.5) is 0 Å². The predicted octanol–water partition coefficient (Wildman–Crippen LogP) is 4.67. The quantitative estimate of drug-likeness (QED) is 0.871. The fourth-order valence-corrected chi connectivity index (χ4v) is 4.69. The fourth-order valence-electron chi connectivity index (χ4n) is 4.69. The lowest BCUT2D eigenvalue weighted by molar-refractivity contribution is -0.135. The Labute approximate surface area is 144 Å². The van der Waals surface area contributed by atoms with Gasteiger partial charge in [-0.15, -0.1) is 0 Å². The zero-order valence-electron chi connectivity index (χ0n) is 14.5. The van der Waals surface area contributed by atoms with Crippen LogP contribution in [0.3, 0.4) is 0 Å². The summed E-state index contributed by atoms with van der Waals surface area (Å²) in [5, 5.41) is 3.88. The van der Waals surface area contributed by atoms with Gasteiger partial charge in [-0.2, -0.15) is 0 Å². The lowest BCUT2D eigenvalue weighted by Crippen LogP contribution is -2.50. The Balaban J connectivity index is 1.78. The maximum absolute atomic E-state index is 13.2. The third-order valence-corrected chi connectivity index (χ3v) is 5.97. The van der Waals surface area contributed by atoms with Crippen LogP contribution in [0.25, 0.3) is 0 Å². The number of benzene rings is 2. The molecule has 2 bridgehead atoms. The average molecular weight is 319 g/mol. The van der Waals surface area contributed by atoms with Gasteiger partial charge in [0.1, 0.15) is 5.78 Å². The number of hydrogen-bond acceptors (Lipinski definition) is 2. The van der Waals surface area contributed by atoms with Crippen LogP contribution in [0.1, 0.15) is 53.6 Å². The Morgan fingerprint density at radius 3 is 1.71 bits per heavy atom. The van der Waals surface area contributed by atoms with Gasteiger partial charge in [-0.1, -0.05) is 55.0 Å². The maximum atomic E-state index is 13.2. The molecule has 4 rings (SSSR count). The first-order chi connectivity index (χ1) is 11.7. The molecule has 1 aliphatic carbocycles. The zero-order chi connectivity index (χ0) is 16.7. The Bertz CT molecular complexity index is 705. The van der Waals surface area contributed by atoms with E-state index in [1.165, 1.54) is 22.3 Å². The molecule has 0 unspecified atom stereocenters. The Morgan fingerprint density at radius 1 is 0.792 bits per heavy atom. The topological polar surface area (TPSA) is 29.1 Å². The highest BCUT2D eigenvalue weighted by Gasteiger charge is 2.46. The summed E-state index contributed by atoms with van der Waals surface area (Å²) in [5.41, 5.74) is 5.12. The van der Waals surface area contributed by atoms with Crippen LogP contribution in [0.5, 0.6) is 0 Å². The molecule has 0 amide bonds. The highest BCUT2D eigenvalue weighted by atomic mass is 16.1. The van der Waals surface area contributed by atoms with Crippen molar-refractivity contribution in [3.8, 4) is 0 Å². The van der Waals surface area contributed by atoms with E-state index in [1.807, 2.05) is 0 Å². The molecule has 4 atom stereocenters. The van der Waals surface area contributed by atoms with Crippen LogP contribution >= 0.6 is 0 Å². The summed E-state index contributed by atoms with van der Waals surface area (Å²) in [6, 6.07) is 17.3. The number of rotatable bonds is 2. The van der Waals surface area contributed by atoms with Crippen molar-refractivity contribution in [1.82, 2.24) is 5.32 Å². The van der Waals surface area contributed by atoms with Crippen molar-refractivity contribution in [3.63, 3.8) is 0 Å². The van der Waals surface area contributed by atoms with Gasteiger partial charge in [0.25, 0.3) is 0 Å². The van der Waals surface area contributed by atoms with Gasteiger partial charge in [-0.05, 0) is 48.9 Å². The molecule has 0 spiro atoms. The molecule has 24 heavy (non-hydrogen) atoms. The van der Waals surface area contributed by atoms with E-state index in [-0.39, 0.29) is 23.9 Å². The lowest BCUT2D eigenvalue weighted by Gasteiger charge is -2.46. The minimum Gasteiger partial charge on any atom is -0.302 e. The van der Waals surface area contributed by atoms with Gasteiger partial charge >= 0.3 is 0 Å². The lowest BCUT2D eigenvalue weighted by atomic mass is 9.66. The first-order valence-electron chi connectivity index (χ1n) is 9.07. The molecule has 124 valence electrons. The Kier molecular flexibility index (Phi) is 4.01. The van der Waals surface area contributed by atoms with Gasteiger partial charge in [-0.3, -0.25) is 4.79 Å². The molecule has 1 N–H and O–H groups in total. The van der Waals surface area contributed by atoms with E-state index in [0.29, 0.717) is 5.78 Å². The molecule has 2 fully saturated rings. The van der Waals surface area contributed by atoms with E-state index in [9.17, 15) is 4.79 Å². The molecule has 2 aliphatic rings. The Morgan fingerprint density at radius 2 is 1.25 bits per heavy atom. The molecule has 0 aromatic heterocycles. The van der Waals surface area contributed by atoms with E-state index >= 15 is 0 Å². The molecule has 2 aromatic carbocycles. The summed E-state index contributed by atoms with van der Waals surface area (Å²) in [4.78, 5) is 13.2. The van der Waals surface area contributed by atoms with Crippen LogP contribution in [0.2, 0.25) is 0 Å². The van der Waals surface area contributed by atoms with Gasteiger partial charge in [0.2, 0.25) is 0 Å². The molecule has 1 saturated carbocycles. The monoisotopic (exact) mass is 319 g/mol. The minimum absolute atomic E-state index is 0.130. The molecule has 1 saturated heterocycles. The molecule has 2 heteroatoms. The number of piperidine rings is 1. The second-order valence-electron chi connectivity index (χ2n) is 7.38. The van der Waals surface area contributed by atoms with Crippen LogP contribution in [0.15, 0.2) is 48.5 Å². The average Bonchev–Trinajstić information content (AvgIpc) is 2.57. The third kappa shape index (κ3) is 2.50. The molecular weight excluding hydrogens is 294 g/mol. The molecule has 0 radical (unpaired) electrons. The Hall–Kier alpha value is -1.93. The van der Waals surface area contributed by atoms with E-state index in [2.05, 4.69) is 67.7 Å². The summed E-state index contributed by atoms with van der Waals surface area (Å²) in [6.45, 7) is 4.30. The first-order valence-corrected chi connectivity index (χ1v) is 9.07. The van der Waals surface area contributed by atoms with Crippen LogP contribution in [0, 0.1) is 25.7 Å². The number of nitrogens with one attached hydrogen (secondary N) is 1. The van der Waals surface area contributed by atoms with Crippen LogP contribution < -0.4 is 5.32 Å². The highest BCUT2D eigenvalue weighted by Crippen LogP contribution is 2.46. The van der Waals surface area contributed by atoms with Crippen molar-refractivity contribution in [3.05, 3.63) is 70.8 Å². The summed E-state index contributed by atoms with van der Waals surface area (Å²) in [7, 11) is 0. The van der Waals surface area contributed by atoms with Gasteiger partial charge < -0.3 is 5.32 Å². The van der Waals surface area contributed by atoms with Gasteiger partial charge in [0.15, 0.2) is 0 Å². The standard InChI is InChI=1S/C22H25NO/c1-14-8-3-5-10-16(14)20-18-12-7-13-19(22(18)24)21(23-20)17-11-6-4-9-15(17)2/h3-6,8-11,18-21,23H,7,12-13H2,1-2H3/t18-,19+,20+,21-. The molecule has 2 nitrogen and oxygen atoms in total. The summed E-state index contributed by atoms with van der Waals surface area (Å²) < 4.78 is 0. The van der Waals surface area contributed by atoms with Crippen molar-refractivity contribution < 1.29 is 4.79 Å². The first kappa shape index (κ1) is 15.6. The van der Waals surface area contributed by atoms with E-state index in [0.717, 1.165) is 19.3 Å². The van der Waals surface area contributed by atoms with Gasteiger partial charge in [0, 0.05) is 23.9 Å². The molecule has 1 aliphatic heterocycles. The minimum atomic E-state index is 0.130. The number of hydrogen-bond donors (Lipinski definition) is 1. The smallest absolute Gasteiger partial charge is 0.142 e. The normalized spacial score (nSPS) is 29.5. The largest absolute Gasteiger partial charge is 0.302 e. The number of aryl methyl sites for hydroxylation is 2. The third-order valence-electron chi connectivity index (χ3n) is 5.97. The number of ketones is 1. The molecule has 2 aromatic rings. The van der Waals surface area contributed by atoms with Crippen LogP contribution in [-0.2, 0) is 4.79 Å². The summed E-state index contributed by atoms with van der Waals surface area (Å²) >= 11 is 0. The summed E-state index contributed by atoms with van der Waals surface area (Å²) in [5.74, 6) is 0.733. The van der Waals surface area contributed by atoms with E-state index < -0.39 is 0 Å². The van der Waals surface area contributed by atoms with Gasteiger partial charge in [0.05, 0.1) is 0 Å². The number of fused-ring (bicyclic) bond motifs is 2. The van der Waals surface area contributed by atoms with Crippen molar-refractivity contribution >= 4 is 5.78 Å². The van der Waals surface area contributed by atoms with E-state index in [1.54, 1.807) is 0 Å². The highest BCUT2D eigenvalue weighted by molar-refractivity contribution is 5.87. The van der Waals surface area contributed by atoms with Crippen molar-refractivity contribution in [2.45, 2.75) is 45.2 Å². The SMILES string of the molecule is Cc1ccccc1[C@H]1N[C@@H](c2ccccc2C)[C@H]2CCC[C@@H]1C2=O. The molecule has 1 heterocycles. The maximum Gasteiger partial charge on any atom is 0.142 e. The van der Waals surface area contributed by atoms with Crippen molar-refractivity contribution in [2.75, 3.05) is 0 Å². The van der Waals surface area contributed by atoms with Crippen LogP contribution in [-0.4, -0.2) is 5.78 Å².